The van der Waals surface area contributed by atoms with Gasteiger partial charge in [0.2, 0.25) is 0 Å². The number of thioether (sulfide) groups is 1. The molecule has 2 N–H and O–H groups in total. The van der Waals surface area contributed by atoms with Crippen LogP contribution in [0.3, 0.4) is 0 Å². The van der Waals surface area contributed by atoms with Gasteiger partial charge in [0.1, 0.15) is 0 Å². The highest BCUT2D eigenvalue weighted by Crippen LogP contribution is 2.21. The minimum Gasteiger partial charge on any atom is -0.386 e. The summed E-state index contributed by atoms with van der Waals surface area (Å²) in [6, 6.07) is 8.02. The van der Waals surface area contributed by atoms with E-state index in [4.69, 9.17) is 0 Å². The Morgan fingerprint density at radius 1 is 1.39 bits per heavy atom. The molecule has 4 nitrogen and oxygen atoms in total. The molecule has 0 bridgehead atoms. The number of aryl methyl sites for hydroxylation is 1. The van der Waals surface area contributed by atoms with E-state index in [0.717, 1.165) is 36.9 Å². The maximum absolute atomic E-state index is 10.4. The summed E-state index contributed by atoms with van der Waals surface area (Å²) in [5.74, 6) is 2.07. The van der Waals surface area contributed by atoms with E-state index < -0.39 is 6.10 Å². The van der Waals surface area contributed by atoms with Crippen molar-refractivity contribution in [1.82, 2.24) is 10.2 Å². The van der Waals surface area contributed by atoms with E-state index in [0.29, 0.717) is 11.8 Å². The quantitative estimate of drug-likeness (QED) is 0.642. The maximum atomic E-state index is 10.4. The molecule has 1 aromatic carbocycles. The Hall–Kier alpha value is -1.20. The van der Waals surface area contributed by atoms with Gasteiger partial charge in [0.05, 0.1) is 12.6 Å². The molecule has 1 aromatic rings. The average Bonchev–Trinajstić information content (AvgIpc) is 2.59. The van der Waals surface area contributed by atoms with Crippen molar-refractivity contribution in [3.8, 4) is 0 Å². The topological polar surface area (TPSA) is 47.9 Å². The van der Waals surface area contributed by atoms with Crippen molar-refractivity contribution in [1.29, 1.82) is 0 Å². The van der Waals surface area contributed by atoms with Crippen molar-refractivity contribution < 1.29 is 5.11 Å². The summed E-state index contributed by atoms with van der Waals surface area (Å²) in [7, 11) is 0. The monoisotopic (exact) mass is 335 g/mol. The van der Waals surface area contributed by atoms with Crippen LogP contribution in [0.25, 0.3) is 0 Å². The lowest BCUT2D eigenvalue weighted by molar-refractivity contribution is 0.186. The van der Waals surface area contributed by atoms with E-state index in [-0.39, 0.29) is 0 Å². The van der Waals surface area contributed by atoms with E-state index in [2.05, 4.69) is 47.7 Å². The molecular weight excluding hydrogens is 306 g/mol. The molecule has 1 saturated heterocycles. The molecule has 128 valence electrons. The zero-order valence-corrected chi connectivity index (χ0v) is 15.3. The van der Waals surface area contributed by atoms with Crippen LogP contribution in [0, 0.1) is 6.92 Å². The molecule has 0 saturated carbocycles. The Kier molecular flexibility index (Phi) is 7.24. The Labute approximate surface area is 144 Å². The fourth-order valence-electron chi connectivity index (χ4n) is 2.65. The standard InChI is InChI=1S/C18H29N3OS/c1-4-16-13-21(10-11-23-16)18(19-5-2)20-12-17(22)15-8-6-14(3)7-9-15/h6-9,16-17,22H,4-5,10-13H2,1-3H3,(H,19,20). The highest BCUT2D eigenvalue weighted by Gasteiger charge is 2.21. The Balaban J connectivity index is 2.01. The van der Waals surface area contributed by atoms with Gasteiger partial charge < -0.3 is 15.3 Å². The van der Waals surface area contributed by atoms with Gasteiger partial charge in [0.15, 0.2) is 5.96 Å². The lowest BCUT2D eigenvalue weighted by Crippen LogP contribution is -2.48. The molecule has 0 radical (unpaired) electrons. The zero-order chi connectivity index (χ0) is 16.7. The Morgan fingerprint density at radius 2 is 2.13 bits per heavy atom. The number of aliphatic imine (C=N–C) groups is 1. The molecule has 1 aliphatic heterocycles. The van der Waals surface area contributed by atoms with Crippen LogP contribution in [-0.2, 0) is 0 Å². The normalized spacial score (nSPS) is 20.4. The van der Waals surface area contributed by atoms with E-state index in [9.17, 15) is 5.11 Å². The summed E-state index contributed by atoms with van der Waals surface area (Å²) >= 11 is 2.05. The second-order valence-electron chi connectivity index (χ2n) is 5.97. The summed E-state index contributed by atoms with van der Waals surface area (Å²) in [6.07, 6.45) is 0.637. The van der Waals surface area contributed by atoms with Gasteiger partial charge in [-0.25, -0.2) is 0 Å². The summed E-state index contributed by atoms with van der Waals surface area (Å²) in [5, 5.41) is 14.4. The van der Waals surface area contributed by atoms with Crippen LogP contribution in [0.2, 0.25) is 0 Å². The average molecular weight is 336 g/mol. The summed E-state index contributed by atoms with van der Waals surface area (Å²) < 4.78 is 0. The minimum atomic E-state index is -0.551. The first kappa shape index (κ1) is 18.1. The van der Waals surface area contributed by atoms with Crippen molar-refractivity contribution in [2.24, 2.45) is 4.99 Å². The minimum absolute atomic E-state index is 0.395. The number of nitrogens with zero attached hydrogens (tertiary/aromatic N) is 2. The van der Waals surface area contributed by atoms with Gasteiger partial charge in [-0.15, -0.1) is 0 Å². The third kappa shape index (κ3) is 5.43. The smallest absolute Gasteiger partial charge is 0.194 e. The summed E-state index contributed by atoms with van der Waals surface area (Å²) in [5.41, 5.74) is 2.13. The molecule has 1 fully saturated rings. The molecule has 0 amide bonds. The van der Waals surface area contributed by atoms with Crippen molar-refractivity contribution in [3.05, 3.63) is 35.4 Å². The van der Waals surface area contributed by atoms with Gasteiger partial charge >= 0.3 is 0 Å². The molecule has 2 atom stereocenters. The number of nitrogens with one attached hydrogen (secondary N) is 1. The highest BCUT2D eigenvalue weighted by atomic mass is 32.2. The number of benzene rings is 1. The molecule has 1 heterocycles. The van der Waals surface area contributed by atoms with E-state index in [1.165, 1.54) is 12.0 Å². The number of hydrogen-bond donors (Lipinski definition) is 2. The van der Waals surface area contributed by atoms with Crippen LogP contribution in [0.15, 0.2) is 29.3 Å². The summed E-state index contributed by atoms with van der Waals surface area (Å²) in [4.78, 5) is 7.01. The highest BCUT2D eigenvalue weighted by molar-refractivity contribution is 8.00. The molecule has 2 unspecified atom stereocenters. The fraction of sp³-hybridized carbons (Fsp3) is 0.611. The first-order chi connectivity index (χ1) is 11.1. The lowest BCUT2D eigenvalue weighted by atomic mass is 10.1. The van der Waals surface area contributed by atoms with Gasteiger partial charge in [0, 0.05) is 30.6 Å². The molecule has 0 aliphatic carbocycles. The first-order valence-corrected chi connectivity index (χ1v) is 9.58. The van der Waals surface area contributed by atoms with Crippen molar-refractivity contribution >= 4 is 17.7 Å². The van der Waals surface area contributed by atoms with Crippen molar-refractivity contribution in [2.45, 2.75) is 38.5 Å². The van der Waals surface area contributed by atoms with Crippen LogP contribution in [0.5, 0.6) is 0 Å². The van der Waals surface area contributed by atoms with Gasteiger partial charge in [-0.05, 0) is 25.8 Å². The second kappa shape index (κ2) is 9.18. The van der Waals surface area contributed by atoms with Crippen LogP contribution < -0.4 is 5.32 Å². The number of aliphatic hydroxyl groups is 1. The summed E-state index contributed by atoms with van der Waals surface area (Å²) in [6.45, 7) is 9.68. The Bertz CT molecular complexity index is 503. The van der Waals surface area contributed by atoms with Crippen LogP contribution in [0.4, 0.5) is 0 Å². The van der Waals surface area contributed by atoms with Gasteiger partial charge in [-0.1, -0.05) is 36.8 Å². The fourth-order valence-corrected chi connectivity index (χ4v) is 3.83. The predicted octanol–water partition coefficient (Wildman–Crippen LogP) is 2.82. The zero-order valence-electron chi connectivity index (χ0n) is 14.5. The molecule has 1 aliphatic rings. The van der Waals surface area contributed by atoms with Crippen LogP contribution in [-0.4, -0.2) is 53.1 Å². The van der Waals surface area contributed by atoms with Gasteiger partial charge in [0.25, 0.3) is 0 Å². The Morgan fingerprint density at radius 3 is 2.78 bits per heavy atom. The third-order valence-corrected chi connectivity index (χ3v) is 5.48. The van der Waals surface area contributed by atoms with E-state index in [1.54, 1.807) is 0 Å². The molecular formula is C18H29N3OS. The molecule has 0 aromatic heterocycles. The number of aliphatic hydroxyl groups excluding tert-OH is 1. The number of rotatable bonds is 5. The molecule has 0 spiro atoms. The SMILES string of the molecule is CCNC(=NCC(O)c1ccc(C)cc1)N1CCSC(CC)C1. The van der Waals surface area contributed by atoms with Crippen molar-refractivity contribution in [3.63, 3.8) is 0 Å². The first-order valence-electron chi connectivity index (χ1n) is 8.53. The maximum Gasteiger partial charge on any atom is 0.194 e. The largest absolute Gasteiger partial charge is 0.386 e. The third-order valence-electron chi connectivity index (χ3n) is 4.10. The van der Waals surface area contributed by atoms with Crippen LogP contribution >= 0.6 is 11.8 Å². The van der Waals surface area contributed by atoms with Crippen LogP contribution in [0.1, 0.15) is 37.5 Å². The molecule has 5 heteroatoms. The molecule has 23 heavy (non-hydrogen) atoms. The molecule has 2 rings (SSSR count). The number of guanidine groups is 1. The number of hydrogen-bond acceptors (Lipinski definition) is 3. The van der Waals surface area contributed by atoms with Gasteiger partial charge in [-0.3, -0.25) is 4.99 Å². The van der Waals surface area contributed by atoms with Crippen molar-refractivity contribution in [2.75, 3.05) is 31.9 Å². The van der Waals surface area contributed by atoms with E-state index >= 15 is 0 Å². The second-order valence-corrected chi connectivity index (χ2v) is 7.38. The predicted molar refractivity (Wildman–Crippen MR) is 100 cm³/mol. The van der Waals surface area contributed by atoms with E-state index in [1.807, 2.05) is 24.3 Å². The van der Waals surface area contributed by atoms with Gasteiger partial charge in [-0.2, -0.15) is 11.8 Å². The lowest BCUT2D eigenvalue weighted by Gasteiger charge is -2.34.